The van der Waals surface area contributed by atoms with Crippen LogP contribution in [0.25, 0.3) is 0 Å². The zero-order valence-corrected chi connectivity index (χ0v) is 9.91. The Hall–Kier alpha value is -3.03. The molecule has 0 saturated heterocycles. The van der Waals surface area contributed by atoms with Gasteiger partial charge in [0.2, 0.25) is 5.95 Å². The zero-order chi connectivity index (χ0) is 14.7. The first-order valence-corrected chi connectivity index (χ1v) is 5.37. The lowest BCUT2D eigenvalue weighted by molar-refractivity contribution is -0.384. The molecule has 2 rings (SSSR count). The lowest BCUT2D eigenvalue weighted by Crippen LogP contribution is -2.12. The molecule has 0 atom stereocenters. The number of nitro benzene ring substituents is 1. The normalized spacial score (nSPS) is 10.1. The van der Waals surface area contributed by atoms with Crippen LogP contribution in [0.15, 0.2) is 36.5 Å². The van der Waals surface area contributed by atoms with Gasteiger partial charge >= 0.3 is 0 Å². The Balaban J connectivity index is 2.22. The third kappa shape index (κ3) is 2.86. The van der Waals surface area contributed by atoms with E-state index < -0.39 is 22.5 Å². The highest BCUT2D eigenvalue weighted by atomic mass is 19.1. The van der Waals surface area contributed by atoms with Gasteiger partial charge in [0.1, 0.15) is 5.75 Å². The third-order valence-electron chi connectivity index (χ3n) is 2.43. The molecule has 0 unspecified atom stereocenters. The molecule has 0 saturated carbocycles. The molecule has 1 amide bonds. The van der Waals surface area contributed by atoms with E-state index >= 15 is 0 Å². The molecule has 0 aliphatic heterocycles. The molecule has 2 N–H and O–H groups in total. The number of halogens is 1. The number of nitrogens with one attached hydrogen (secondary N) is 1. The molecule has 1 heterocycles. The van der Waals surface area contributed by atoms with E-state index in [4.69, 9.17) is 0 Å². The molecule has 2 aromatic rings. The summed E-state index contributed by atoms with van der Waals surface area (Å²) >= 11 is 0. The maximum Gasteiger partial charge on any atom is 0.273 e. The number of amides is 1. The second kappa shape index (κ2) is 5.31. The second-order valence-corrected chi connectivity index (χ2v) is 3.78. The monoisotopic (exact) mass is 277 g/mol. The molecule has 8 heteroatoms. The first-order valence-electron chi connectivity index (χ1n) is 5.37. The summed E-state index contributed by atoms with van der Waals surface area (Å²) in [6.45, 7) is 0. The number of non-ortho nitro benzene ring substituents is 1. The van der Waals surface area contributed by atoms with Crippen molar-refractivity contribution in [3.05, 3.63) is 58.2 Å². The Morgan fingerprint density at radius 1 is 1.35 bits per heavy atom. The quantitative estimate of drug-likeness (QED) is 0.387. The predicted octanol–water partition coefficient (Wildman–Crippen LogP) is 2.09. The standard InChI is InChI=1S/C12H8FN3O4/c13-11-5-7(3-4-14-11)12(18)15-9-2-1-8(16(19)20)6-10(9)17/h1-6,17H,(H,15,18). The number of phenols is 1. The number of aromatic nitrogens is 1. The molecule has 102 valence electrons. The average molecular weight is 277 g/mol. The van der Waals surface area contributed by atoms with Crippen molar-refractivity contribution in [2.75, 3.05) is 5.32 Å². The first kappa shape index (κ1) is 13.4. The molecule has 0 spiro atoms. The van der Waals surface area contributed by atoms with Gasteiger partial charge in [-0.15, -0.1) is 0 Å². The number of nitrogens with zero attached hydrogens (tertiary/aromatic N) is 2. The minimum atomic E-state index is -0.814. The summed E-state index contributed by atoms with van der Waals surface area (Å²) in [5, 5.41) is 22.4. The highest BCUT2D eigenvalue weighted by Gasteiger charge is 2.13. The van der Waals surface area contributed by atoms with Crippen molar-refractivity contribution >= 4 is 17.3 Å². The lowest BCUT2D eigenvalue weighted by Gasteiger charge is -2.07. The molecule has 1 aromatic heterocycles. The fraction of sp³-hybridized carbons (Fsp3) is 0. The van der Waals surface area contributed by atoms with Crippen molar-refractivity contribution in [1.29, 1.82) is 0 Å². The summed E-state index contributed by atoms with van der Waals surface area (Å²) in [5.74, 6) is -1.94. The van der Waals surface area contributed by atoms with Crippen LogP contribution in [0.2, 0.25) is 0 Å². The molecule has 0 aliphatic rings. The largest absolute Gasteiger partial charge is 0.506 e. The lowest BCUT2D eigenvalue weighted by atomic mass is 10.2. The van der Waals surface area contributed by atoms with Gasteiger partial charge in [-0.05, 0) is 12.1 Å². The number of nitro groups is 1. The van der Waals surface area contributed by atoms with E-state index in [2.05, 4.69) is 10.3 Å². The van der Waals surface area contributed by atoms with E-state index in [0.29, 0.717) is 0 Å². The maximum absolute atomic E-state index is 12.9. The number of phenolic OH excluding ortho intramolecular Hbond substituents is 1. The number of pyridine rings is 1. The van der Waals surface area contributed by atoms with E-state index in [1.807, 2.05) is 0 Å². The fourth-order valence-electron chi connectivity index (χ4n) is 1.48. The molecular weight excluding hydrogens is 269 g/mol. The molecular formula is C12H8FN3O4. The number of carbonyl (C=O) groups excluding carboxylic acids is 1. The Morgan fingerprint density at radius 2 is 2.10 bits per heavy atom. The van der Waals surface area contributed by atoms with Crippen molar-refractivity contribution < 1.29 is 19.2 Å². The van der Waals surface area contributed by atoms with E-state index in [1.54, 1.807) is 0 Å². The van der Waals surface area contributed by atoms with E-state index in [9.17, 15) is 24.4 Å². The zero-order valence-electron chi connectivity index (χ0n) is 9.91. The van der Waals surface area contributed by atoms with Crippen LogP contribution in [0, 0.1) is 16.1 Å². The van der Waals surface area contributed by atoms with Gasteiger partial charge in [0.15, 0.2) is 0 Å². The summed E-state index contributed by atoms with van der Waals surface area (Å²) in [6, 6.07) is 5.44. The number of carbonyl (C=O) groups is 1. The van der Waals surface area contributed by atoms with Gasteiger partial charge in [0, 0.05) is 23.9 Å². The van der Waals surface area contributed by atoms with Crippen LogP contribution < -0.4 is 5.32 Å². The Bertz CT molecular complexity index is 690. The summed E-state index contributed by atoms with van der Waals surface area (Å²) in [5.41, 5.74) is -0.316. The number of aromatic hydroxyl groups is 1. The van der Waals surface area contributed by atoms with Gasteiger partial charge in [-0.2, -0.15) is 4.39 Å². The summed E-state index contributed by atoms with van der Waals surface area (Å²) < 4.78 is 12.9. The number of hydrogen-bond donors (Lipinski definition) is 2. The van der Waals surface area contributed by atoms with Crippen molar-refractivity contribution in [1.82, 2.24) is 4.98 Å². The fourth-order valence-corrected chi connectivity index (χ4v) is 1.48. The highest BCUT2D eigenvalue weighted by Crippen LogP contribution is 2.28. The molecule has 20 heavy (non-hydrogen) atoms. The number of hydrogen-bond acceptors (Lipinski definition) is 5. The topological polar surface area (TPSA) is 105 Å². The van der Waals surface area contributed by atoms with E-state index in [0.717, 1.165) is 24.4 Å². The van der Waals surface area contributed by atoms with Gasteiger partial charge < -0.3 is 10.4 Å². The Kier molecular flexibility index (Phi) is 3.56. The molecule has 0 radical (unpaired) electrons. The summed E-state index contributed by atoms with van der Waals surface area (Å²) in [4.78, 5) is 24.9. The van der Waals surface area contributed by atoms with Crippen LogP contribution in [-0.4, -0.2) is 20.9 Å². The van der Waals surface area contributed by atoms with Crippen molar-refractivity contribution in [2.24, 2.45) is 0 Å². The minimum Gasteiger partial charge on any atom is -0.506 e. The van der Waals surface area contributed by atoms with Crippen LogP contribution in [0.5, 0.6) is 5.75 Å². The number of anilines is 1. The number of benzene rings is 1. The Morgan fingerprint density at radius 3 is 2.70 bits per heavy atom. The molecule has 0 fully saturated rings. The first-order chi connectivity index (χ1) is 9.47. The average Bonchev–Trinajstić information content (AvgIpc) is 2.40. The van der Waals surface area contributed by atoms with Gasteiger partial charge in [0.05, 0.1) is 16.7 Å². The van der Waals surface area contributed by atoms with Crippen LogP contribution in [0.3, 0.4) is 0 Å². The number of rotatable bonds is 3. The van der Waals surface area contributed by atoms with Gasteiger partial charge in [-0.1, -0.05) is 0 Å². The molecule has 7 nitrogen and oxygen atoms in total. The van der Waals surface area contributed by atoms with Crippen molar-refractivity contribution in [2.45, 2.75) is 0 Å². The SMILES string of the molecule is O=C(Nc1ccc([N+](=O)[O-])cc1O)c1ccnc(F)c1. The van der Waals surface area contributed by atoms with Crippen LogP contribution >= 0.6 is 0 Å². The van der Waals surface area contributed by atoms with Gasteiger partial charge in [0.25, 0.3) is 11.6 Å². The highest BCUT2D eigenvalue weighted by molar-refractivity contribution is 6.04. The third-order valence-corrected chi connectivity index (χ3v) is 2.43. The molecule has 0 bridgehead atoms. The van der Waals surface area contributed by atoms with Crippen LogP contribution in [-0.2, 0) is 0 Å². The summed E-state index contributed by atoms with van der Waals surface area (Å²) in [7, 11) is 0. The minimum absolute atomic E-state index is 0.00949. The van der Waals surface area contributed by atoms with Gasteiger partial charge in [-0.3, -0.25) is 14.9 Å². The van der Waals surface area contributed by atoms with E-state index in [1.165, 1.54) is 12.1 Å². The molecule has 1 aromatic carbocycles. The predicted molar refractivity (Wildman–Crippen MR) is 66.9 cm³/mol. The summed E-state index contributed by atoms with van der Waals surface area (Å²) in [6.07, 6.45) is 1.12. The van der Waals surface area contributed by atoms with Crippen molar-refractivity contribution in [3.8, 4) is 5.75 Å². The van der Waals surface area contributed by atoms with Crippen LogP contribution in [0.1, 0.15) is 10.4 Å². The molecule has 0 aliphatic carbocycles. The maximum atomic E-state index is 12.9. The van der Waals surface area contributed by atoms with Gasteiger partial charge in [-0.25, -0.2) is 4.98 Å². The van der Waals surface area contributed by atoms with E-state index in [-0.39, 0.29) is 16.9 Å². The smallest absolute Gasteiger partial charge is 0.273 e. The second-order valence-electron chi connectivity index (χ2n) is 3.78. The Labute approximate surface area is 111 Å². The van der Waals surface area contributed by atoms with Crippen LogP contribution in [0.4, 0.5) is 15.8 Å². The van der Waals surface area contributed by atoms with Crippen molar-refractivity contribution in [3.63, 3.8) is 0 Å².